The molecule has 1 aliphatic heterocycles. The second-order valence-corrected chi connectivity index (χ2v) is 5.57. The van der Waals surface area contributed by atoms with Crippen molar-refractivity contribution >= 4 is 11.8 Å². The number of aliphatic hydroxyl groups excluding tert-OH is 1. The van der Waals surface area contributed by atoms with E-state index in [0.29, 0.717) is 44.6 Å². The molecule has 0 spiro atoms. The number of likely N-dealkylation sites (N-methyl/N-ethyl adjacent to an activating group) is 1. The molecule has 0 radical (unpaired) electrons. The maximum atomic E-state index is 12.4. The van der Waals surface area contributed by atoms with Gasteiger partial charge in [-0.2, -0.15) is 0 Å². The molecule has 1 heterocycles. The van der Waals surface area contributed by atoms with Crippen LogP contribution in [-0.2, 0) is 4.79 Å². The second kappa shape index (κ2) is 7.94. The average molecular weight is 304 g/mol. The lowest BCUT2D eigenvalue weighted by atomic mass is 9.94. The fourth-order valence-corrected chi connectivity index (χ4v) is 2.90. The van der Waals surface area contributed by atoms with E-state index in [1.165, 1.54) is 0 Å². The van der Waals surface area contributed by atoms with Crippen molar-refractivity contribution < 1.29 is 14.7 Å². The lowest BCUT2D eigenvalue weighted by molar-refractivity contribution is -0.137. The lowest BCUT2D eigenvalue weighted by Gasteiger charge is -2.34. The zero-order chi connectivity index (χ0) is 15.9. The van der Waals surface area contributed by atoms with Gasteiger partial charge in [0.15, 0.2) is 0 Å². The fourth-order valence-electron chi connectivity index (χ4n) is 2.90. The zero-order valence-electron chi connectivity index (χ0n) is 13.1. The Balaban J connectivity index is 1.90. The first-order valence-corrected chi connectivity index (χ1v) is 7.91. The summed E-state index contributed by atoms with van der Waals surface area (Å²) in [4.78, 5) is 28.3. The van der Waals surface area contributed by atoms with Crippen molar-refractivity contribution in [2.24, 2.45) is 5.92 Å². The molecular formula is C17H24N2O3. The van der Waals surface area contributed by atoms with Crippen LogP contribution in [-0.4, -0.2) is 59.5 Å². The van der Waals surface area contributed by atoms with E-state index in [0.717, 1.165) is 0 Å². The second-order valence-electron chi connectivity index (χ2n) is 5.57. The van der Waals surface area contributed by atoms with Gasteiger partial charge in [0.05, 0.1) is 6.61 Å². The number of carbonyl (C=O) groups excluding carboxylic acids is 2. The maximum absolute atomic E-state index is 12.4. The van der Waals surface area contributed by atoms with Crippen LogP contribution in [0.3, 0.4) is 0 Å². The Kier molecular flexibility index (Phi) is 5.95. The molecule has 1 aliphatic rings. The van der Waals surface area contributed by atoms with Crippen molar-refractivity contribution in [3.8, 4) is 0 Å². The fraction of sp³-hybridized carbons (Fsp3) is 0.529. The van der Waals surface area contributed by atoms with Gasteiger partial charge in [0.25, 0.3) is 5.91 Å². The molecule has 1 aromatic carbocycles. The van der Waals surface area contributed by atoms with Gasteiger partial charge in [-0.1, -0.05) is 18.2 Å². The van der Waals surface area contributed by atoms with Gasteiger partial charge in [-0.15, -0.1) is 0 Å². The molecule has 0 saturated carbocycles. The molecule has 5 heteroatoms. The Morgan fingerprint density at radius 1 is 1.23 bits per heavy atom. The standard InChI is InChI=1S/C17H24N2O3/c1-2-18(12-13-20)16(21)15-8-10-19(11-9-15)17(22)14-6-4-3-5-7-14/h3-7,15,20H,2,8-13H2,1H3. The van der Waals surface area contributed by atoms with Gasteiger partial charge >= 0.3 is 0 Å². The van der Waals surface area contributed by atoms with Gasteiger partial charge in [-0.05, 0) is 31.9 Å². The molecule has 22 heavy (non-hydrogen) atoms. The third-order valence-corrected chi connectivity index (χ3v) is 4.22. The number of likely N-dealkylation sites (tertiary alicyclic amines) is 1. The van der Waals surface area contributed by atoms with E-state index in [-0.39, 0.29) is 24.3 Å². The highest BCUT2D eigenvalue weighted by molar-refractivity contribution is 5.94. The maximum Gasteiger partial charge on any atom is 0.253 e. The molecule has 0 atom stereocenters. The Bertz CT molecular complexity index is 496. The number of aliphatic hydroxyl groups is 1. The molecule has 0 aliphatic carbocycles. The summed E-state index contributed by atoms with van der Waals surface area (Å²) in [7, 11) is 0. The van der Waals surface area contributed by atoms with Crippen molar-refractivity contribution in [3.05, 3.63) is 35.9 Å². The highest BCUT2D eigenvalue weighted by Gasteiger charge is 2.29. The van der Waals surface area contributed by atoms with E-state index in [1.807, 2.05) is 42.2 Å². The zero-order valence-corrected chi connectivity index (χ0v) is 13.1. The molecular weight excluding hydrogens is 280 g/mol. The van der Waals surface area contributed by atoms with E-state index in [2.05, 4.69) is 0 Å². The predicted molar refractivity (Wildman–Crippen MR) is 84.4 cm³/mol. The monoisotopic (exact) mass is 304 g/mol. The highest BCUT2D eigenvalue weighted by atomic mass is 16.3. The van der Waals surface area contributed by atoms with Crippen LogP contribution in [0, 0.1) is 5.92 Å². The molecule has 1 N–H and O–H groups in total. The molecule has 1 fully saturated rings. The normalized spacial score (nSPS) is 15.6. The molecule has 0 aromatic heterocycles. The molecule has 1 aromatic rings. The number of piperidine rings is 1. The highest BCUT2D eigenvalue weighted by Crippen LogP contribution is 2.21. The van der Waals surface area contributed by atoms with Gasteiger partial charge in [-0.3, -0.25) is 9.59 Å². The third kappa shape index (κ3) is 3.85. The number of rotatable bonds is 5. The van der Waals surface area contributed by atoms with E-state index >= 15 is 0 Å². The summed E-state index contributed by atoms with van der Waals surface area (Å²) in [6.07, 6.45) is 1.39. The smallest absolute Gasteiger partial charge is 0.253 e. The summed E-state index contributed by atoms with van der Waals surface area (Å²) < 4.78 is 0. The van der Waals surface area contributed by atoms with Gasteiger partial charge in [-0.25, -0.2) is 0 Å². The topological polar surface area (TPSA) is 60.9 Å². The van der Waals surface area contributed by atoms with Crippen LogP contribution in [0.25, 0.3) is 0 Å². The number of nitrogens with zero attached hydrogens (tertiary/aromatic N) is 2. The van der Waals surface area contributed by atoms with Crippen LogP contribution in [0.2, 0.25) is 0 Å². The Labute approximate surface area is 131 Å². The van der Waals surface area contributed by atoms with Crippen molar-refractivity contribution in [2.75, 3.05) is 32.8 Å². The van der Waals surface area contributed by atoms with Crippen molar-refractivity contribution in [3.63, 3.8) is 0 Å². The predicted octanol–water partition coefficient (Wildman–Crippen LogP) is 1.38. The number of hydrogen-bond donors (Lipinski definition) is 1. The quantitative estimate of drug-likeness (QED) is 0.894. The molecule has 2 amide bonds. The molecule has 5 nitrogen and oxygen atoms in total. The van der Waals surface area contributed by atoms with E-state index in [1.54, 1.807) is 4.90 Å². The summed E-state index contributed by atoms with van der Waals surface area (Å²) in [5, 5.41) is 9.01. The largest absolute Gasteiger partial charge is 0.395 e. The molecule has 0 unspecified atom stereocenters. The number of amides is 2. The number of hydrogen-bond acceptors (Lipinski definition) is 3. The van der Waals surface area contributed by atoms with Crippen LogP contribution in [0.15, 0.2) is 30.3 Å². The minimum atomic E-state index is -0.0358. The van der Waals surface area contributed by atoms with Crippen molar-refractivity contribution in [1.82, 2.24) is 9.80 Å². The van der Waals surface area contributed by atoms with Crippen LogP contribution >= 0.6 is 0 Å². The first kappa shape index (κ1) is 16.5. The first-order valence-electron chi connectivity index (χ1n) is 7.91. The Morgan fingerprint density at radius 3 is 2.41 bits per heavy atom. The summed E-state index contributed by atoms with van der Waals surface area (Å²) in [5.41, 5.74) is 0.697. The number of benzene rings is 1. The summed E-state index contributed by atoms with van der Waals surface area (Å²) in [6.45, 7) is 4.13. The first-order chi connectivity index (χ1) is 10.7. The minimum Gasteiger partial charge on any atom is -0.395 e. The Hall–Kier alpha value is -1.88. The van der Waals surface area contributed by atoms with Crippen molar-refractivity contribution in [1.29, 1.82) is 0 Å². The van der Waals surface area contributed by atoms with Crippen molar-refractivity contribution in [2.45, 2.75) is 19.8 Å². The van der Waals surface area contributed by atoms with Crippen LogP contribution in [0.4, 0.5) is 0 Å². The van der Waals surface area contributed by atoms with E-state index in [9.17, 15) is 9.59 Å². The van der Waals surface area contributed by atoms with E-state index in [4.69, 9.17) is 5.11 Å². The van der Waals surface area contributed by atoms with Crippen LogP contribution in [0.1, 0.15) is 30.1 Å². The molecule has 0 bridgehead atoms. The molecule has 2 rings (SSSR count). The molecule has 1 saturated heterocycles. The summed E-state index contributed by atoms with van der Waals surface area (Å²) in [5.74, 6) is 0.101. The van der Waals surface area contributed by atoms with Gasteiger partial charge in [0.2, 0.25) is 5.91 Å². The SMILES string of the molecule is CCN(CCO)C(=O)C1CCN(C(=O)c2ccccc2)CC1. The lowest BCUT2D eigenvalue weighted by Crippen LogP contribution is -2.45. The van der Waals surface area contributed by atoms with Gasteiger partial charge in [0.1, 0.15) is 0 Å². The average Bonchev–Trinajstić information content (AvgIpc) is 2.59. The Morgan fingerprint density at radius 2 is 1.86 bits per heavy atom. The summed E-state index contributed by atoms with van der Waals surface area (Å²) in [6, 6.07) is 9.25. The van der Waals surface area contributed by atoms with Crippen LogP contribution in [0.5, 0.6) is 0 Å². The van der Waals surface area contributed by atoms with E-state index < -0.39 is 0 Å². The van der Waals surface area contributed by atoms with Crippen LogP contribution < -0.4 is 0 Å². The number of carbonyl (C=O) groups is 2. The van der Waals surface area contributed by atoms with Gasteiger partial charge < -0.3 is 14.9 Å². The summed E-state index contributed by atoms with van der Waals surface area (Å²) >= 11 is 0. The third-order valence-electron chi connectivity index (χ3n) is 4.22. The van der Waals surface area contributed by atoms with Gasteiger partial charge in [0, 0.05) is 37.7 Å². The minimum absolute atomic E-state index is 0.00901. The molecule has 120 valence electrons.